The first-order chi connectivity index (χ1) is 12.7. The topological polar surface area (TPSA) is 94.6 Å². The molecule has 8 heteroatoms. The number of anilines is 2. The Labute approximate surface area is 159 Å². The lowest BCUT2D eigenvalue weighted by atomic mass is 10.1. The number of hydrogen-bond donors (Lipinski definition) is 2. The van der Waals surface area contributed by atoms with Crippen molar-refractivity contribution < 1.29 is 19.0 Å². The molecular formula is C19H26N4O4. The minimum absolute atomic E-state index is 0.263. The van der Waals surface area contributed by atoms with Crippen molar-refractivity contribution in [1.82, 2.24) is 15.3 Å². The fourth-order valence-electron chi connectivity index (χ4n) is 2.45. The van der Waals surface area contributed by atoms with Gasteiger partial charge in [-0.3, -0.25) is 4.79 Å². The smallest absolute Gasteiger partial charge is 0.270 e. The van der Waals surface area contributed by atoms with E-state index in [2.05, 4.69) is 20.6 Å². The first-order valence-corrected chi connectivity index (χ1v) is 8.42. The number of hydrogen-bond acceptors (Lipinski definition) is 7. The lowest BCUT2D eigenvalue weighted by Gasteiger charge is -2.20. The van der Waals surface area contributed by atoms with Crippen LogP contribution in [0.2, 0.25) is 0 Å². The van der Waals surface area contributed by atoms with Crippen molar-refractivity contribution in [2.45, 2.75) is 33.2 Å². The number of carbonyl (C=O) groups excluding carboxylic acids is 1. The molecule has 8 nitrogen and oxygen atoms in total. The number of ether oxygens (including phenoxy) is 3. The van der Waals surface area contributed by atoms with Crippen molar-refractivity contribution in [3.63, 3.8) is 0 Å². The molecule has 2 aromatic rings. The Kier molecular flexibility index (Phi) is 6.09. The number of benzene rings is 1. The summed E-state index contributed by atoms with van der Waals surface area (Å²) >= 11 is 0. The quantitative estimate of drug-likeness (QED) is 0.802. The number of rotatable bonds is 6. The van der Waals surface area contributed by atoms with E-state index >= 15 is 0 Å². The van der Waals surface area contributed by atoms with E-state index in [1.165, 1.54) is 0 Å². The largest absolute Gasteiger partial charge is 0.493 e. The van der Waals surface area contributed by atoms with E-state index in [1.54, 1.807) is 46.5 Å². The second-order valence-electron chi connectivity index (χ2n) is 6.93. The Morgan fingerprint density at radius 3 is 2.04 bits per heavy atom. The molecular weight excluding hydrogens is 348 g/mol. The van der Waals surface area contributed by atoms with Gasteiger partial charge in [-0.25, -0.2) is 9.97 Å². The molecule has 0 aliphatic rings. The molecule has 0 unspecified atom stereocenters. The van der Waals surface area contributed by atoms with Gasteiger partial charge in [0.15, 0.2) is 11.5 Å². The highest BCUT2D eigenvalue weighted by Crippen LogP contribution is 2.40. The monoisotopic (exact) mass is 374 g/mol. The summed E-state index contributed by atoms with van der Waals surface area (Å²) in [5, 5.41) is 6.05. The van der Waals surface area contributed by atoms with Crippen LogP contribution >= 0.6 is 0 Å². The van der Waals surface area contributed by atoms with Gasteiger partial charge in [0, 0.05) is 29.4 Å². The summed E-state index contributed by atoms with van der Waals surface area (Å²) in [7, 11) is 4.64. The van der Waals surface area contributed by atoms with Crippen molar-refractivity contribution in [3.05, 3.63) is 29.7 Å². The third-order valence-electron chi connectivity index (χ3n) is 3.50. The predicted octanol–water partition coefficient (Wildman–Crippen LogP) is 3.08. The van der Waals surface area contributed by atoms with Crippen LogP contribution in [0.5, 0.6) is 17.2 Å². The van der Waals surface area contributed by atoms with Gasteiger partial charge < -0.3 is 24.8 Å². The highest BCUT2D eigenvalue weighted by atomic mass is 16.5. The van der Waals surface area contributed by atoms with Gasteiger partial charge in [-0.15, -0.1) is 0 Å². The molecule has 0 spiro atoms. The third kappa shape index (κ3) is 5.22. The van der Waals surface area contributed by atoms with Crippen LogP contribution in [0, 0.1) is 6.92 Å². The zero-order valence-electron chi connectivity index (χ0n) is 16.8. The maximum atomic E-state index is 12.4. The highest BCUT2D eigenvalue weighted by molar-refractivity contribution is 5.93. The molecule has 146 valence electrons. The number of nitrogens with one attached hydrogen (secondary N) is 2. The normalized spacial score (nSPS) is 10.9. The SMILES string of the molecule is COc1cc(Nc2cc(C(=O)NC(C)(C)C)nc(C)n2)cc(OC)c1OC. The van der Waals surface area contributed by atoms with Crippen molar-refractivity contribution in [1.29, 1.82) is 0 Å². The average molecular weight is 374 g/mol. The first kappa shape index (κ1) is 20.3. The standard InChI is InChI=1S/C19H26N4O4/c1-11-20-13(18(24)23-19(2,3)4)10-16(21-11)22-12-8-14(25-5)17(27-7)15(9-12)26-6/h8-10H,1-7H3,(H,23,24)(H,20,21,22). The maximum absolute atomic E-state index is 12.4. The van der Waals surface area contributed by atoms with Gasteiger partial charge in [0.1, 0.15) is 17.3 Å². The Hall–Kier alpha value is -3.03. The van der Waals surface area contributed by atoms with E-state index in [1.807, 2.05) is 20.8 Å². The Morgan fingerprint density at radius 1 is 0.963 bits per heavy atom. The summed E-state index contributed by atoms with van der Waals surface area (Å²) in [6, 6.07) is 5.11. The molecule has 1 amide bonds. The van der Waals surface area contributed by atoms with E-state index in [-0.39, 0.29) is 17.1 Å². The van der Waals surface area contributed by atoms with Gasteiger partial charge in [-0.2, -0.15) is 0 Å². The number of methoxy groups -OCH3 is 3. The number of aryl methyl sites for hydroxylation is 1. The zero-order chi connectivity index (χ0) is 20.2. The molecule has 0 atom stereocenters. The van der Waals surface area contributed by atoms with Crippen molar-refractivity contribution in [2.24, 2.45) is 0 Å². The molecule has 2 N–H and O–H groups in total. The van der Waals surface area contributed by atoms with Crippen LogP contribution in [0.4, 0.5) is 11.5 Å². The van der Waals surface area contributed by atoms with E-state index in [9.17, 15) is 4.79 Å². The van der Waals surface area contributed by atoms with Gasteiger partial charge in [-0.1, -0.05) is 0 Å². The zero-order valence-corrected chi connectivity index (χ0v) is 16.8. The molecule has 0 saturated carbocycles. The lowest BCUT2D eigenvalue weighted by molar-refractivity contribution is 0.0914. The summed E-state index contributed by atoms with van der Waals surface area (Å²) < 4.78 is 16.0. The van der Waals surface area contributed by atoms with Gasteiger partial charge in [-0.05, 0) is 27.7 Å². The Balaban J connectivity index is 2.36. The van der Waals surface area contributed by atoms with E-state index in [0.717, 1.165) is 0 Å². The molecule has 1 aromatic carbocycles. The summed E-state index contributed by atoms with van der Waals surface area (Å²) in [4.78, 5) is 21.0. The fourth-order valence-corrected chi connectivity index (χ4v) is 2.45. The van der Waals surface area contributed by atoms with Crippen LogP contribution in [0.25, 0.3) is 0 Å². The molecule has 27 heavy (non-hydrogen) atoms. The second kappa shape index (κ2) is 8.11. The summed E-state index contributed by atoms with van der Waals surface area (Å²) in [5.41, 5.74) is 0.595. The van der Waals surface area contributed by atoms with Crippen molar-refractivity contribution in [3.8, 4) is 17.2 Å². The number of amides is 1. The predicted molar refractivity (Wildman–Crippen MR) is 103 cm³/mol. The van der Waals surface area contributed by atoms with Crippen LogP contribution in [0.3, 0.4) is 0 Å². The summed E-state index contributed by atoms with van der Waals surface area (Å²) in [6.07, 6.45) is 0. The average Bonchev–Trinajstić information content (AvgIpc) is 2.58. The van der Waals surface area contributed by atoms with Gasteiger partial charge in [0.2, 0.25) is 5.75 Å². The third-order valence-corrected chi connectivity index (χ3v) is 3.50. The number of aromatic nitrogens is 2. The van der Waals surface area contributed by atoms with Gasteiger partial charge in [0.25, 0.3) is 5.91 Å². The minimum Gasteiger partial charge on any atom is -0.493 e. The van der Waals surface area contributed by atoms with Crippen LogP contribution in [0.15, 0.2) is 18.2 Å². The summed E-state index contributed by atoms with van der Waals surface area (Å²) in [5.74, 6) is 2.21. The highest BCUT2D eigenvalue weighted by Gasteiger charge is 2.18. The fraction of sp³-hybridized carbons (Fsp3) is 0.421. The maximum Gasteiger partial charge on any atom is 0.270 e. The van der Waals surface area contributed by atoms with Crippen LogP contribution in [-0.4, -0.2) is 42.7 Å². The molecule has 1 heterocycles. The molecule has 2 rings (SSSR count). The molecule has 0 radical (unpaired) electrons. The minimum atomic E-state index is -0.361. The lowest BCUT2D eigenvalue weighted by Crippen LogP contribution is -2.41. The van der Waals surface area contributed by atoms with E-state index in [0.29, 0.717) is 34.6 Å². The van der Waals surface area contributed by atoms with Crippen molar-refractivity contribution >= 4 is 17.4 Å². The van der Waals surface area contributed by atoms with Gasteiger partial charge in [0.05, 0.1) is 21.3 Å². The second-order valence-corrected chi connectivity index (χ2v) is 6.93. The molecule has 0 aliphatic heterocycles. The first-order valence-electron chi connectivity index (χ1n) is 8.42. The molecule has 1 aromatic heterocycles. The number of carbonyl (C=O) groups is 1. The Bertz CT molecular complexity index is 806. The van der Waals surface area contributed by atoms with Crippen molar-refractivity contribution in [2.75, 3.05) is 26.6 Å². The van der Waals surface area contributed by atoms with Crippen LogP contribution in [-0.2, 0) is 0 Å². The van der Waals surface area contributed by atoms with E-state index in [4.69, 9.17) is 14.2 Å². The Morgan fingerprint density at radius 2 is 1.56 bits per heavy atom. The number of nitrogens with zero attached hydrogens (tertiary/aromatic N) is 2. The summed E-state index contributed by atoms with van der Waals surface area (Å²) in [6.45, 7) is 7.46. The van der Waals surface area contributed by atoms with Gasteiger partial charge >= 0.3 is 0 Å². The molecule has 0 saturated heterocycles. The van der Waals surface area contributed by atoms with Crippen LogP contribution < -0.4 is 24.8 Å². The molecule has 0 aliphatic carbocycles. The van der Waals surface area contributed by atoms with E-state index < -0.39 is 0 Å². The molecule has 0 fully saturated rings. The molecule has 0 bridgehead atoms. The van der Waals surface area contributed by atoms with Crippen LogP contribution in [0.1, 0.15) is 37.1 Å².